The zero-order chi connectivity index (χ0) is 70.8. The van der Waals surface area contributed by atoms with E-state index in [1.807, 2.05) is 20.8 Å². The van der Waals surface area contributed by atoms with Crippen molar-refractivity contribution >= 4 is 64.8 Å². The first-order chi connectivity index (χ1) is 47.2. The third kappa shape index (κ3) is 15.5. The summed E-state index contributed by atoms with van der Waals surface area (Å²) in [5, 5.41) is 95.8. The molecule has 5 aliphatic heterocycles. The molecule has 5 aromatic carbocycles. The summed E-state index contributed by atoms with van der Waals surface area (Å²) < 4.78 is 12.7. The van der Waals surface area contributed by atoms with Crippen LogP contribution in [0.1, 0.15) is 168 Å². The van der Waals surface area contributed by atoms with Crippen molar-refractivity contribution in [2.45, 2.75) is 172 Å². The van der Waals surface area contributed by atoms with Crippen molar-refractivity contribution in [2.24, 2.45) is 29.6 Å². The van der Waals surface area contributed by atoms with E-state index in [2.05, 4.69) is 47.9 Å². The van der Waals surface area contributed by atoms with Crippen LogP contribution in [0.2, 0.25) is 5.02 Å². The molecule has 26 nitrogen and oxygen atoms in total. The SMILES string of the molecule is CCCCCCCC(=O)NC(=O)C[C@@H]1NC(=O)[C@H](NC(=O)[C@@H](CC(C)C)NC)[C@H](O)c2ccc(c(C)c2)Oc2cc3cc(c2O)Oc2ccc(cc2Cl)[C@@H](O)[C@@H]2NC(=O)[C@H](NC(=O)[C@@H]3NC1=O)c1ccc(O)c(c1)-c1c(O)cc(O)cc1[C@@H](C(=O)NC1C3CC4CC(C3)CC1C4)NC2=O. The van der Waals surface area contributed by atoms with E-state index < -0.39 is 149 Å². The number of carbonyl (C=O) groups excluding carboxylic acids is 9. The number of phenolic OH excluding ortho intramolecular Hbond substituents is 4. The van der Waals surface area contributed by atoms with Crippen LogP contribution in [-0.4, -0.2) is 121 Å². The molecule has 27 heteroatoms. The Morgan fingerprint density at radius 3 is 1.90 bits per heavy atom. The van der Waals surface area contributed by atoms with Crippen LogP contribution in [-0.2, 0) is 43.2 Å². The van der Waals surface area contributed by atoms with Crippen LogP contribution in [0, 0.1) is 36.5 Å². The van der Waals surface area contributed by atoms with E-state index >= 15 is 28.8 Å². The van der Waals surface area contributed by atoms with Crippen LogP contribution in [0.4, 0.5) is 0 Å². The average molecular weight is 1380 g/mol. The van der Waals surface area contributed by atoms with Gasteiger partial charge >= 0.3 is 0 Å². The number of imide groups is 1. The summed E-state index contributed by atoms with van der Waals surface area (Å²) in [6.07, 6.45) is 3.66. The summed E-state index contributed by atoms with van der Waals surface area (Å²) in [6, 6.07) is 2.37. The molecule has 4 aliphatic carbocycles. The third-order valence-corrected chi connectivity index (χ3v) is 20.2. The van der Waals surface area contributed by atoms with E-state index in [0.29, 0.717) is 24.7 Å². The molecule has 0 radical (unpaired) electrons. The van der Waals surface area contributed by atoms with Crippen LogP contribution in [0.15, 0.2) is 78.9 Å². The molecular formula is C72H84ClN9O17. The van der Waals surface area contributed by atoms with E-state index in [1.165, 1.54) is 55.6 Å². The molecule has 4 saturated carbocycles. The molecule has 5 aromatic rings. The monoisotopic (exact) mass is 1380 g/mol. The van der Waals surface area contributed by atoms with Crippen LogP contribution < -0.4 is 57.3 Å². The number of aliphatic hydroxyl groups is 2. The maximum Gasteiger partial charge on any atom is 0.248 e. The maximum atomic E-state index is 15.9. The van der Waals surface area contributed by atoms with Gasteiger partial charge in [-0.25, -0.2) is 0 Å². The van der Waals surface area contributed by atoms with Crippen molar-refractivity contribution in [1.29, 1.82) is 0 Å². The highest BCUT2D eigenvalue weighted by molar-refractivity contribution is 6.32. The van der Waals surface area contributed by atoms with Gasteiger partial charge in [0.25, 0.3) is 0 Å². The Labute approximate surface area is 576 Å². The van der Waals surface area contributed by atoms with Crippen LogP contribution >= 0.6 is 11.6 Å². The molecule has 14 rings (SSSR count). The molecular weight excluding hydrogens is 1300 g/mol. The zero-order valence-corrected chi connectivity index (χ0v) is 56.2. The smallest absolute Gasteiger partial charge is 0.248 e. The van der Waals surface area contributed by atoms with Crippen molar-refractivity contribution in [2.75, 3.05) is 7.05 Å². The molecule has 99 heavy (non-hydrogen) atoms. The molecule has 0 saturated heterocycles. The topological polar surface area (TPSA) is 402 Å². The summed E-state index contributed by atoms with van der Waals surface area (Å²) in [5.74, 6) is -12.1. The van der Waals surface area contributed by atoms with Gasteiger partial charge in [0.05, 0.1) is 17.5 Å². The number of rotatable bonds is 15. The molecule has 9 amide bonds. The van der Waals surface area contributed by atoms with Crippen molar-refractivity contribution < 1.29 is 83.3 Å². The van der Waals surface area contributed by atoms with E-state index in [-0.39, 0.29) is 97.7 Å². The van der Waals surface area contributed by atoms with Crippen LogP contribution in [0.5, 0.6) is 46.0 Å². The van der Waals surface area contributed by atoms with Gasteiger partial charge < -0.3 is 82.6 Å². The number of ether oxygens (including phenoxy) is 2. The van der Waals surface area contributed by atoms with Gasteiger partial charge in [0.1, 0.15) is 77.2 Å². The molecule has 15 bridgehead atoms. The highest BCUT2D eigenvalue weighted by atomic mass is 35.5. The van der Waals surface area contributed by atoms with Gasteiger partial charge in [0, 0.05) is 29.7 Å². The second-order valence-corrected chi connectivity index (χ2v) is 27.9. The predicted octanol–water partition coefficient (Wildman–Crippen LogP) is 6.42. The average Bonchev–Trinajstić information content (AvgIpc) is 0.756. The lowest BCUT2D eigenvalue weighted by molar-refractivity contribution is -0.138. The Balaban J connectivity index is 1.06. The lowest BCUT2D eigenvalue weighted by Crippen LogP contribution is -2.59. The Bertz CT molecular complexity index is 3990. The number of unbranched alkanes of at least 4 members (excludes halogenated alkanes) is 4. The van der Waals surface area contributed by atoms with Gasteiger partial charge in [-0.1, -0.05) is 76.3 Å². The van der Waals surface area contributed by atoms with Crippen LogP contribution in [0.3, 0.4) is 0 Å². The highest BCUT2D eigenvalue weighted by Gasteiger charge is 2.50. The molecule has 526 valence electrons. The maximum absolute atomic E-state index is 15.9. The van der Waals surface area contributed by atoms with E-state index in [4.69, 9.17) is 21.1 Å². The molecule has 15 N–H and O–H groups in total. The minimum Gasteiger partial charge on any atom is -0.508 e. The standard InChI is InChI=1S/C72H84ClN9O17/c1-6-7-8-9-10-11-54(86)76-55(87)31-47-67(92)78-59-41-27-52(98-50-16-13-37(19-33(50)4)63(88)61(71(96)75-47)81-66(91)46(74-5)18-32(2)3)65(90)53(28-41)99-51-17-14-38(26-45(51)73)64(89)62-72(97)80-60(70(95)77-57-39-21-34-20-35(23-39)24-40(57)22-34)44-29-42(83)30-49(85)56(44)43-25-36(12-15-48(43)84)58(68(93)82-62)79-69(59)94/h12-17,19,25-30,32,34-35,39-40,46-47,57-64,74,83-85,88-90H,6-11,18,20-24,31H2,1-5H3,(H,75,96)(H,77,95)(H,78,92)(H,79,94)(H,80,97)(H,81,91)(H,82,93)(H,76,86,87)/t34?,35?,39?,40?,46-,47+,57?,58-,59-,60+,61-,62+,63-,64-/m1/s1. The van der Waals surface area contributed by atoms with Gasteiger partial charge in [-0.15, -0.1) is 0 Å². The second kappa shape index (κ2) is 29.9. The fourth-order valence-corrected chi connectivity index (χ4v) is 15.3. The van der Waals surface area contributed by atoms with E-state index in [9.17, 15) is 45.0 Å². The first-order valence-corrected chi connectivity index (χ1v) is 34.1. The third-order valence-electron chi connectivity index (χ3n) is 19.9. The lowest BCUT2D eigenvalue weighted by atomic mass is 9.54. The Kier molecular flexibility index (Phi) is 21.4. The molecule has 0 aromatic heterocycles. The highest BCUT2D eigenvalue weighted by Crippen LogP contribution is 2.54. The number of halogens is 1. The molecule has 0 unspecified atom stereocenters. The van der Waals surface area contributed by atoms with Crippen molar-refractivity contribution in [3.05, 3.63) is 117 Å². The number of hydrogen-bond acceptors (Lipinski definition) is 18. The number of phenols is 4. The Hall–Kier alpha value is -9.50. The summed E-state index contributed by atoms with van der Waals surface area (Å²) >= 11 is 6.98. The fraction of sp³-hybridized carbons (Fsp3) is 0.458. The number of hydrogen-bond donors (Lipinski definition) is 15. The minimum atomic E-state index is -2.16. The largest absolute Gasteiger partial charge is 0.508 e. The van der Waals surface area contributed by atoms with Gasteiger partial charge in [-0.3, -0.25) is 48.5 Å². The first kappa shape index (κ1) is 70.8. The summed E-state index contributed by atoms with van der Waals surface area (Å²) in [6.45, 7) is 7.33. The quantitative estimate of drug-likeness (QED) is 0.0502. The number of benzene rings is 5. The molecule has 9 aliphatic rings. The molecule has 4 fully saturated rings. The predicted molar refractivity (Wildman–Crippen MR) is 359 cm³/mol. The zero-order valence-electron chi connectivity index (χ0n) is 55.4. The second-order valence-electron chi connectivity index (χ2n) is 27.5. The number of aliphatic hydroxyl groups excluding tert-OH is 2. The van der Waals surface area contributed by atoms with Gasteiger partial charge in [-0.2, -0.15) is 0 Å². The lowest BCUT2D eigenvalue weighted by Gasteiger charge is -2.54. The number of carbonyl (C=O) groups is 9. The van der Waals surface area contributed by atoms with Gasteiger partial charge in [0.15, 0.2) is 11.5 Å². The Morgan fingerprint density at radius 1 is 0.616 bits per heavy atom. The number of amides is 9. The number of aromatic hydroxyl groups is 4. The molecule has 0 spiro atoms. The normalized spacial score (nSPS) is 25.9. The van der Waals surface area contributed by atoms with E-state index in [0.717, 1.165) is 81.7 Å². The minimum absolute atomic E-state index is 0.0166. The van der Waals surface area contributed by atoms with Crippen molar-refractivity contribution in [3.63, 3.8) is 0 Å². The van der Waals surface area contributed by atoms with Crippen molar-refractivity contribution in [1.82, 2.24) is 47.9 Å². The summed E-state index contributed by atoms with van der Waals surface area (Å²) in [5.41, 5.74) is -1.11. The Morgan fingerprint density at radius 2 is 1.24 bits per heavy atom. The first-order valence-electron chi connectivity index (χ1n) is 33.8. The number of fused-ring (bicyclic) bond motifs is 15. The van der Waals surface area contributed by atoms with Gasteiger partial charge in [0.2, 0.25) is 58.9 Å². The summed E-state index contributed by atoms with van der Waals surface area (Å²) in [7, 11) is 1.53. The number of aryl methyl sites for hydroxylation is 1. The van der Waals surface area contributed by atoms with E-state index in [1.54, 1.807) is 6.92 Å². The molecule has 5 heterocycles. The van der Waals surface area contributed by atoms with Gasteiger partial charge in [-0.05, 0) is 176 Å². The molecule has 9 atom stereocenters. The van der Waals surface area contributed by atoms with Crippen molar-refractivity contribution in [3.8, 4) is 57.1 Å². The number of nitrogens with one attached hydrogen (secondary N) is 9. The fourth-order valence-electron chi connectivity index (χ4n) is 15.1. The van der Waals surface area contributed by atoms with Crippen LogP contribution in [0.25, 0.3) is 11.1 Å². The number of likely N-dealkylation sites (N-methyl/N-ethyl adjacent to an activating group) is 1. The summed E-state index contributed by atoms with van der Waals surface area (Å²) in [4.78, 5) is 134.